The minimum absolute atomic E-state index is 0.108. The Morgan fingerprint density at radius 1 is 1.25 bits per heavy atom. The molecule has 7 nitrogen and oxygen atoms in total. The molecular weight excluding hydrogens is 476 g/mol. The Kier molecular flexibility index (Phi) is 6.37. The third-order valence-electron chi connectivity index (χ3n) is 8.19. The smallest absolute Gasteiger partial charge is 0.308 e. The predicted molar refractivity (Wildman–Crippen MR) is 141 cm³/mol. The number of benzene rings is 2. The molecule has 8 heteroatoms. The van der Waals surface area contributed by atoms with Gasteiger partial charge in [-0.05, 0) is 41.7 Å². The summed E-state index contributed by atoms with van der Waals surface area (Å²) in [6.45, 7) is 7.63. The zero-order chi connectivity index (χ0) is 25.8. The first-order chi connectivity index (χ1) is 17.2. The molecule has 2 unspecified atom stereocenters. The van der Waals surface area contributed by atoms with Crippen molar-refractivity contribution in [2.75, 3.05) is 18.1 Å². The van der Waals surface area contributed by atoms with E-state index in [0.29, 0.717) is 18.5 Å². The lowest BCUT2D eigenvalue weighted by molar-refractivity contribution is -0.149. The topological polar surface area (TPSA) is 98.2 Å². The number of hydrogen-bond donors (Lipinski definition) is 2. The van der Waals surface area contributed by atoms with Crippen molar-refractivity contribution >= 4 is 46.0 Å². The number of aliphatic carboxylic acids is 1. The Labute approximate surface area is 215 Å². The molecule has 5 rings (SSSR count). The maximum absolute atomic E-state index is 14.5. The molecule has 0 saturated carbocycles. The van der Waals surface area contributed by atoms with Crippen LogP contribution in [0.4, 0.5) is 5.69 Å². The van der Waals surface area contributed by atoms with E-state index in [0.717, 1.165) is 10.8 Å². The number of amides is 2. The number of thioether (sulfide) groups is 1. The first-order valence-corrected chi connectivity index (χ1v) is 13.4. The van der Waals surface area contributed by atoms with Crippen LogP contribution in [0.1, 0.15) is 26.7 Å². The van der Waals surface area contributed by atoms with E-state index in [2.05, 4.69) is 6.58 Å². The van der Waals surface area contributed by atoms with Crippen molar-refractivity contribution in [1.82, 2.24) is 4.90 Å². The van der Waals surface area contributed by atoms with E-state index >= 15 is 0 Å². The third kappa shape index (κ3) is 3.57. The molecular formula is C28H32N2O5S. The number of carbonyl (C=O) groups is 3. The number of rotatable bonds is 8. The van der Waals surface area contributed by atoms with Gasteiger partial charge in [0, 0.05) is 17.5 Å². The Hall–Kier alpha value is -2.84. The summed E-state index contributed by atoms with van der Waals surface area (Å²) >= 11 is 1.50. The lowest BCUT2D eigenvalue weighted by atomic mass is 9.71. The summed E-state index contributed by atoms with van der Waals surface area (Å²) < 4.78 is -0.819. The van der Waals surface area contributed by atoms with Gasteiger partial charge in [0.05, 0.1) is 29.2 Å². The molecule has 3 saturated heterocycles. The molecule has 2 N–H and O–H groups in total. The third-order valence-corrected chi connectivity index (χ3v) is 10.1. The molecule has 36 heavy (non-hydrogen) atoms. The summed E-state index contributed by atoms with van der Waals surface area (Å²) in [5.74, 6) is -3.26. The fourth-order valence-electron chi connectivity index (χ4n) is 6.57. The number of aliphatic hydroxyl groups excluding tert-OH is 1. The average Bonchev–Trinajstić information content (AvgIpc) is 3.50. The van der Waals surface area contributed by atoms with Crippen molar-refractivity contribution in [2.45, 2.75) is 48.8 Å². The highest BCUT2D eigenvalue weighted by atomic mass is 32.2. The molecule has 6 atom stereocenters. The minimum atomic E-state index is -0.983. The summed E-state index contributed by atoms with van der Waals surface area (Å²) in [5.41, 5.74) is 0.697. The van der Waals surface area contributed by atoms with Gasteiger partial charge in [-0.3, -0.25) is 14.4 Å². The standard InChI is InChI=1S/C28H32N2O5S/c1-4-13-29(19-10-9-17-7-5-6-8-18(17)14-19)26(33)24-28-12-11-21(36-28)22(27(34)35)23(28)25(32)30(24)20(15-31)16(2)3/h4-10,14,16,20-24,31H,1,11-13,15H2,2-3H3,(H,34,35)/t20-,21-,22+,23-,24?,28?/m0/s1. The van der Waals surface area contributed by atoms with Crippen molar-refractivity contribution in [3.63, 3.8) is 0 Å². The molecule has 3 fully saturated rings. The molecule has 2 aromatic rings. The molecule has 3 aliphatic rings. The normalized spacial score (nSPS) is 29.6. The predicted octanol–water partition coefficient (Wildman–Crippen LogP) is 3.55. The van der Waals surface area contributed by atoms with E-state index in [1.807, 2.05) is 56.3 Å². The molecule has 3 aliphatic heterocycles. The van der Waals surface area contributed by atoms with Crippen LogP contribution in [0.5, 0.6) is 0 Å². The fraction of sp³-hybridized carbons (Fsp3) is 0.464. The number of aliphatic hydroxyl groups is 1. The number of carboxylic acids is 1. The molecule has 0 aliphatic carbocycles. The van der Waals surface area contributed by atoms with Crippen LogP contribution < -0.4 is 4.90 Å². The Bertz CT molecular complexity index is 1230. The number of hydrogen-bond acceptors (Lipinski definition) is 5. The molecule has 1 spiro atoms. The minimum Gasteiger partial charge on any atom is -0.481 e. The molecule has 0 aromatic heterocycles. The molecule has 190 valence electrons. The average molecular weight is 509 g/mol. The number of carbonyl (C=O) groups excluding carboxylic acids is 2. The van der Waals surface area contributed by atoms with Gasteiger partial charge in [-0.15, -0.1) is 18.3 Å². The highest BCUT2D eigenvalue weighted by Crippen LogP contribution is 2.67. The van der Waals surface area contributed by atoms with Crippen LogP contribution in [-0.2, 0) is 14.4 Å². The zero-order valence-electron chi connectivity index (χ0n) is 20.5. The van der Waals surface area contributed by atoms with E-state index in [9.17, 15) is 24.6 Å². The SMILES string of the molecule is C=CCN(C(=O)C1N([C@@H](CO)C(C)C)C(=O)[C@@H]2[C@H](C(=O)O)[C@@H]3CCC12S3)c1ccc2ccccc2c1. The largest absolute Gasteiger partial charge is 0.481 e. The second-order valence-corrected chi connectivity index (χ2v) is 12.0. The Morgan fingerprint density at radius 3 is 2.61 bits per heavy atom. The lowest BCUT2D eigenvalue weighted by Gasteiger charge is -2.40. The number of nitrogens with zero attached hydrogens (tertiary/aromatic N) is 2. The number of likely N-dealkylation sites (tertiary alicyclic amines) is 1. The van der Waals surface area contributed by atoms with E-state index in [1.54, 1.807) is 15.9 Å². The second kappa shape index (κ2) is 9.23. The molecule has 2 bridgehead atoms. The van der Waals surface area contributed by atoms with Gasteiger partial charge >= 0.3 is 5.97 Å². The second-order valence-electron chi connectivity index (χ2n) is 10.4. The van der Waals surface area contributed by atoms with Gasteiger partial charge in [0.15, 0.2) is 0 Å². The van der Waals surface area contributed by atoms with Crippen molar-refractivity contribution in [2.24, 2.45) is 17.8 Å². The van der Waals surface area contributed by atoms with E-state index < -0.39 is 34.6 Å². The Morgan fingerprint density at radius 2 is 1.97 bits per heavy atom. The molecule has 2 amide bonds. The van der Waals surface area contributed by atoms with Crippen LogP contribution in [-0.4, -0.2) is 68.1 Å². The van der Waals surface area contributed by atoms with Crippen molar-refractivity contribution in [3.05, 3.63) is 55.1 Å². The zero-order valence-corrected chi connectivity index (χ0v) is 21.4. The summed E-state index contributed by atoms with van der Waals surface area (Å²) in [4.78, 5) is 43.9. The van der Waals surface area contributed by atoms with Crippen molar-refractivity contribution in [1.29, 1.82) is 0 Å². The fourth-order valence-corrected chi connectivity index (χ4v) is 8.77. The maximum atomic E-state index is 14.5. The van der Waals surface area contributed by atoms with Gasteiger partial charge in [0.1, 0.15) is 6.04 Å². The first-order valence-electron chi connectivity index (χ1n) is 12.5. The highest BCUT2D eigenvalue weighted by molar-refractivity contribution is 8.02. The summed E-state index contributed by atoms with van der Waals surface area (Å²) in [6.07, 6.45) is 2.92. The molecule has 3 heterocycles. The van der Waals surface area contributed by atoms with Crippen LogP contribution in [0.25, 0.3) is 10.8 Å². The van der Waals surface area contributed by atoms with Gasteiger partial charge in [0.25, 0.3) is 5.91 Å². The number of anilines is 1. The number of fused-ring (bicyclic) bond motifs is 2. The van der Waals surface area contributed by atoms with Crippen LogP contribution in [0.2, 0.25) is 0 Å². The summed E-state index contributed by atoms with van der Waals surface area (Å²) in [7, 11) is 0. The van der Waals surface area contributed by atoms with E-state index in [4.69, 9.17) is 0 Å². The van der Waals surface area contributed by atoms with Gasteiger partial charge in [-0.2, -0.15) is 0 Å². The van der Waals surface area contributed by atoms with Crippen LogP contribution in [0, 0.1) is 17.8 Å². The van der Waals surface area contributed by atoms with Crippen LogP contribution >= 0.6 is 11.8 Å². The summed E-state index contributed by atoms with van der Waals surface area (Å²) in [5, 5.41) is 22.2. The van der Waals surface area contributed by atoms with E-state index in [-0.39, 0.29) is 36.1 Å². The lowest BCUT2D eigenvalue weighted by Crippen LogP contribution is -2.58. The van der Waals surface area contributed by atoms with E-state index in [1.165, 1.54) is 11.8 Å². The summed E-state index contributed by atoms with van der Waals surface area (Å²) in [6, 6.07) is 12.3. The van der Waals surface area contributed by atoms with Crippen LogP contribution in [0.3, 0.4) is 0 Å². The highest BCUT2D eigenvalue weighted by Gasteiger charge is 2.74. The van der Waals surface area contributed by atoms with Gasteiger partial charge < -0.3 is 20.0 Å². The quantitative estimate of drug-likeness (QED) is 0.530. The monoisotopic (exact) mass is 508 g/mol. The van der Waals surface area contributed by atoms with Gasteiger partial charge in [-0.25, -0.2) is 0 Å². The maximum Gasteiger partial charge on any atom is 0.308 e. The molecule has 0 radical (unpaired) electrons. The van der Waals surface area contributed by atoms with Crippen LogP contribution in [0.15, 0.2) is 55.1 Å². The van der Waals surface area contributed by atoms with Gasteiger partial charge in [-0.1, -0.05) is 50.3 Å². The van der Waals surface area contributed by atoms with Crippen molar-refractivity contribution in [3.8, 4) is 0 Å². The first kappa shape index (κ1) is 24.8. The molecule has 2 aromatic carbocycles. The number of carboxylic acid groups (broad SMARTS) is 1. The Balaban J connectivity index is 1.63. The van der Waals surface area contributed by atoms with Crippen molar-refractivity contribution < 1.29 is 24.6 Å². The van der Waals surface area contributed by atoms with Gasteiger partial charge in [0.2, 0.25) is 5.91 Å².